The fourth-order valence-electron chi connectivity index (χ4n) is 7.95. The van der Waals surface area contributed by atoms with Gasteiger partial charge in [0.2, 0.25) is 0 Å². The van der Waals surface area contributed by atoms with Crippen molar-refractivity contribution >= 4 is 0 Å². The Morgan fingerprint density at radius 3 is 2.48 bits per heavy atom. The van der Waals surface area contributed by atoms with Crippen molar-refractivity contribution in [1.29, 1.82) is 5.26 Å². The zero-order chi connectivity index (χ0) is 17.7. The van der Waals surface area contributed by atoms with Crippen LogP contribution in [0.5, 0.6) is 0 Å². The van der Waals surface area contributed by atoms with Gasteiger partial charge in [0, 0.05) is 6.61 Å². The molecule has 0 aromatic rings. The van der Waals surface area contributed by atoms with Gasteiger partial charge in [-0.25, -0.2) is 0 Å². The molecule has 4 rings (SSSR count). The Bertz CT molecular complexity index is 539. The highest BCUT2D eigenvalue weighted by Gasteiger charge is 2.60. The second kappa shape index (κ2) is 6.56. The van der Waals surface area contributed by atoms with Crippen LogP contribution in [0, 0.1) is 51.8 Å². The van der Waals surface area contributed by atoms with Crippen molar-refractivity contribution in [1.82, 2.24) is 0 Å². The summed E-state index contributed by atoms with van der Waals surface area (Å²) >= 11 is 0. The zero-order valence-corrected chi connectivity index (χ0v) is 16.6. The molecule has 0 spiro atoms. The first-order chi connectivity index (χ1) is 12.0. The van der Waals surface area contributed by atoms with E-state index in [4.69, 9.17) is 4.74 Å². The van der Waals surface area contributed by atoms with E-state index in [9.17, 15) is 5.26 Å². The van der Waals surface area contributed by atoms with E-state index in [0.29, 0.717) is 22.9 Å². The van der Waals surface area contributed by atoms with E-state index < -0.39 is 0 Å². The van der Waals surface area contributed by atoms with Crippen molar-refractivity contribution in [2.45, 2.75) is 91.1 Å². The second-order valence-corrected chi connectivity index (χ2v) is 10.2. The average Bonchev–Trinajstić information content (AvgIpc) is 2.95. The van der Waals surface area contributed by atoms with Crippen LogP contribution in [-0.2, 0) is 4.74 Å². The normalized spacial score (nSPS) is 51.9. The van der Waals surface area contributed by atoms with Gasteiger partial charge in [-0.15, -0.1) is 0 Å². The number of hydrogen-bond donors (Lipinski definition) is 0. The van der Waals surface area contributed by atoms with Crippen LogP contribution in [0.1, 0.15) is 85.0 Å². The molecule has 0 saturated heterocycles. The summed E-state index contributed by atoms with van der Waals surface area (Å²) in [6.07, 6.45) is 13.6. The lowest BCUT2D eigenvalue weighted by Gasteiger charge is -2.61. The maximum Gasteiger partial charge on any atom is 0.0661 e. The molecule has 8 unspecified atom stereocenters. The molecule has 0 radical (unpaired) electrons. The van der Waals surface area contributed by atoms with Crippen LogP contribution in [-0.4, -0.2) is 12.7 Å². The molecule has 4 aliphatic rings. The molecule has 25 heavy (non-hydrogen) atoms. The van der Waals surface area contributed by atoms with Gasteiger partial charge in [0.1, 0.15) is 0 Å². The van der Waals surface area contributed by atoms with Gasteiger partial charge in [0.05, 0.1) is 18.1 Å². The van der Waals surface area contributed by atoms with Gasteiger partial charge in [-0.3, -0.25) is 0 Å². The third-order valence-electron chi connectivity index (χ3n) is 9.28. The SMILES string of the molecule is CCCOC1CCC2CCC3C4CCC(C#N)C4(C)CCC3C2(C)C1. The minimum absolute atomic E-state index is 0.311. The van der Waals surface area contributed by atoms with Crippen molar-refractivity contribution in [3.05, 3.63) is 0 Å². The summed E-state index contributed by atoms with van der Waals surface area (Å²) in [6.45, 7) is 8.23. The van der Waals surface area contributed by atoms with E-state index >= 15 is 0 Å². The zero-order valence-electron chi connectivity index (χ0n) is 16.6. The molecule has 4 fully saturated rings. The monoisotopic (exact) mass is 343 g/mol. The molecule has 0 aromatic carbocycles. The molecule has 0 N–H and O–H groups in total. The Morgan fingerprint density at radius 2 is 1.72 bits per heavy atom. The molecular weight excluding hydrogens is 306 g/mol. The standard InChI is InChI=1S/C23H37NO/c1-4-13-25-18-8-5-16-6-9-19-20-10-7-17(15-24)22(20,2)12-11-21(19)23(16,3)14-18/h16-21H,4-14H2,1-3H3. The van der Waals surface area contributed by atoms with E-state index in [2.05, 4.69) is 26.8 Å². The van der Waals surface area contributed by atoms with Crippen LogP contribution >= 0.6 is 0 Å². The van der Waals surface area contributed by atoms with E-state index in [1.54, 1.807) is 0 Å². The first-order valence-corrected chi connectivity index (χ1v) is 11.0. The maximum absolute atomic E-state index is 9.65. The van der Waals surface area contributed by atoms with Crippen LogP contribution < -0.4 is 0 Å². The molecule has 0 aromatic heterocycles. The Hall–Kier alpha value is -0.550. The number of hydrogen-bond acceptors (Lipinski definition) is 2. The summed E-state index contributed by atoms with van der Waals surface area (Å²) in [6, 6.07) is 2.68. The van der Waals surface area contributed by atoms with Crippen molar-refractivity contribution in [2.24, 2.45) is 40.4 Å². The number of nitriles is 1. The molecule has 0 bridgehead atoms. The third kappa shape index (κ3) is 2.68. The Labute approximate surface area is 154 Å². The summed E-state index contributed by atoms with van der Waals surface area (Å²) in [5.41, 5.74) is 0.803. The van der Waals surface area contributed by atoms with E-state index in [-0.39, 0.29) is 0 Å². The van der Waals surface area contributed by atoms with Crippen molar-refractivity contribution in [3.63, 3.8) is 0 Å². The summed E-state index contributed by atoms with van der Waals surface area (Å²) in [5.74, 6) is 3.81. The number of ether oxygens (including phenoxy) is 1. The predicted molar refractivity (Wildman–Crippen MR) is 101 cm³/mol. The molecule has 0 heterocycles. The Balaban J connectivity index is 1.55. The van der Waals surface area contributed by atoms with Crippen LogP contribution in [0.3, 0.4) is 0 Å². The van der Waals surface area contributed by atoms with Crippen molar-refractivity contribution in [3.8, 4) is 6.07 Å². The number of nitrogens with zero attached hydrogens (tertiary/aromatic N) is 1. The minimum atomic E-state index is 0.311. The summed E-state index contributed by atoms with van der Waals surface area (Å²) in [7, 11) is 0. The van der Waals surface area contributed by atoms with Gasteiger partial charge in [-0.05, 0) is 98.7 Å². The lowest BCUT2D eigenvalue weighted by Crippen LogP contribution is -2.54. The van der Waals surface area contributed by atoms with Gasteiger partial charge in [-0.1, -0.05) is 20.8 Å². The van der Waals surface area contributed by atoms with Gasteiger partial charge in [-0.2, -0.15) is 5.26 Å². The molecular formula is C23H37NO. The molecule has 2 nitrogen and oxygen atoms in total. The molecule has 0 amide bonds. The maximum atomic E-state index is 9.65. The fraction of sp³-hybridized carbons (Fsp3) is 0.957. The molecule has 8 atom stereocenters. The topological polar surface area (TPSA) is 33.0 Å². The Morgan fingerprint density at radius 1 is 0.960 bits per heavy atom. The van der Waals surface area contributed by atoms with E-state index in [1.807, 2.05) is 0 Å². The lowest BCUT2D eigenvalue weighted by molar-refractivity contribution is -0.137. The highest BCUT2D eigenvalue weighted by atomic mass is 16.5. The average molecular weight is 344 g/mol. The number of fused-ring (bicyclic) bond motifs is 5. The minimum Gasteiger partial charge on any atom is -0.378 e. The fourth-order valence-corrected chi connectivity index (χ4v) is 7.95. The van der Waals surface area contributed by atoms with Crippen LogP contribution in [0.25, 0.3) is 0 Å². The van der Waals surface area contributed by atoms with Crippen LogP contribution in [0.15, 0.2) is 0 Å². The molecule has 4 aliphatic carbocycles. The molecule has 140 valence electrons. The number of rotatable bonds is 3. The highest BCUT2D eigenvalue weighted by molar-refractivity contribution is 5.12. The first-order valence-electron chi connectivity index (χ1n) is 11.0. The largest absolute Gasteiger partial charge is 0.378 e. The first kappa shape index (κ1) is 17.8. The van der Waals surface area contributed by atoms with E-state index in [1.165, 1.54) is 51.4 Å². The van der Waals surface area contributed by atoms with Gasteiger partial charge >= 0.3 is 0 Å². The Kier molecular flexibility index (Phi) is 4.68. The lowest BCUT2D eigenvalue weighted by atomic mass is 9.44. The third-order valence-corrected chi connectivity index (χ3v) is 9.28. The van der Waals surface area contributed by atoms with Crippen molar-refractivity contribution in [2.75, 3.05) is 6.61 Å². The summed E-state index contributed by atoms with van der Waals surface area (Å²) < 4.78 is 6.22. The second-order valence-electron chi connectivity index (χ2n) is 10.2. The van der Waals surface area contributed by atoms with Crippen molar-refractivity contribution < 1.29 is 4.74 Å². The molecule has 0 aliphatic heterocycles. The summed E-state index contributed by atoms with van der Waals surface area (Å²) in [5, 5.41) is 9.65. The molecule has 4 saturated carbocycles. The van der Waals surface area contributed by atoms with E-state index in [0.717, 1.165) is 43.1 Å². The van der Waals surface area contributed by atoms with Crippen LogP contribution in [0.4, 0.5) is 0 Å². The highest BCUT2D eigenvalue weighted by Crippen LogP contribution is 2.67. The smallest absolute Gasteiger partial charge is 0.0661 e. The summed E-state index contributed by atoms with van der Waals surface area (Å²) in [4.78, 5) is 0. The predicted octanol–water partition coefficient (Wildman–Crippen LogP) is 5.96. The molecule has 2 heteroatoms. The quantitative estimate of drug-likeness (QED) is 0.633. The van der Waals surface area contributed by atoms with Gasteiger partial charge in [0.25, 0.3) is 0 Å². The van der Waals surface area contributed by atoms with Crippen LogP contribution in [0.2, 0.25) is 0 Å². The van der Waals surface area contributed by atoms with Gasteiger partial charge in [0.15, 0.2) is 0 Å². The van der Waals surface area contributed by atoms with Gasteiger partial charge < -0.3 is 4.74 Å².